The van der Waals surface area contributed by atoms with Gasteiger partial charge in [0.15, 0.2) is 0 Å². The number of hydrogen-bond donors (Lipinski definition) is 1. The molecule has 4 nitrogen and oxygen atoms in total. The van der Waals surface area contributed by atoms with Crippen LogP contribution in [0.1, 0.15) is 38.9 Å². The highest BCUT2D eigenvalue weighted by molar-refractivity contribution is 5.11. The van der Waals surface area contributed by atoms with E-state index < -0.39 is 0 Å². The summed E-state index contributed by atoms with van der Waals surface area (Å²) in [6, 6.07) is 1.80. The minimum atomic E-state index is -0.370. The fraction of sp³-hybridized carbons (Fsp3) is 0.727. The number of nitrogens with zero attached hydrogens (tertiary/aromatic N) is 2. The Morgan fingerprint density at radius 1 is 1.60 bits per heavy atom. The van der Waals surface area contributed by atoms with E-state index in [4.69, 9.17) is 10.5 Å². The molecule has 1 rings (SSSR count). The lowest BCUT2D eigenvalue weighted by Gasteiger charge is -2.30. The number of hydrogen-bond acceptors (Lipinski definition) is 3. The van der Waals surface area contributed by atoms with Gasteiger partial charge in [-0.1, -0.05) is 6.92 Å². The lowest BCUT2D eigenvalue weighted by atomic mass is 9.96. The Kier molecular flexibility index (Phi) is 3.88. The molecule has 0 aromatic carbocycles. The van der Waals surface area contributed by atoms with Gasteiger partial charge in [0.25, 0.3) is 0 Å². The Morgan fingerprint density at radius 2 is 2.27 bits per heavy atom. The third-order valence-corrected chi connectivity index (χ3v) is 2.78. The first-order valence-corrected chi connectivity index (χ1v) is 5.35. The molecule has 1 heterocycles. The molecule has 0 aliphatic rings. The average molecular weight is 211 g/mol. The fourth-order valence-electron chi connectivity index (χ4n) is 1.49. The molecule has 1 unspecified atom stereocenters. The number of nitrogens with two attached hydrogens (primary N) is 1. The third kappa shape index (κ3) is 2.58. The monoisotopic (exact) mass is 211 g/mol. The molecule has 0 aliphatic carbocycles. The van der Waals surface area contributed by atoms with Crippen molar-refractivity contribution in [3.8, 4) is 0 Å². The Balaban J connectivity index is 2.90. The molecule has 15 heavy (non-hydrogen) atoms. The van der Waals surface area contributed by atoms with Crippen LogP contribution in [-0.2, 0) is 11.3 Å². The van der Waals surface area contributed by atoms with Gasteiger partial charge in [-0.3, -0.25) is 4.68 Å². The molecule has 0 bridgehead atoms. The quantitative estimate of drug-likeness (QED) is 0.806. The molecule has 1 aromatic heterocycles. The second-order valence-electron chi connectivity index (χ2n) is 4.26. The van der Waals surface area contributed by atoms with Gasteiger partial charge in [0.1, 0.15) is 0 Å². The smallest absolute Gasteiger partial charge is 0.0829 e. The average Bonchev–Trinajstić information content (AvgIpc) is 2.65. The van der Waals surface area contributed by atoms with E-state index in [1.165, 1.54) is 0 Å². The van der Waals surface area contributed by atoms with Crippen molar-refractivity contribution in [2.45, 2.75) is 45.4 Å². The first-order chi connectivity index (χ1) is 7.03. The molecule has 86 valence electrons. The van der Waals surface area contributed by atoms with Crippen LogP contribution in [0.4, 0.5) is 0 Å². The molecule has 1 atom stereocenters. The molecular formula is C11H21N3O. The predicted molar refractivity (Wildman–Crippen MR) is 60.5 cm³/mol. The van der Waals surface area contributed by atoms with Crippen molar-refractivity contribution >= 4 is 0 Å². The number of rotatable bonds is 5. The Bertz CT molecular complexity index is 307. The van der Waals surface area contributed by atoms with Crippen molar-refractivity contribution in [3.63, 3.8) is 0 Å². The standard InChI is InChI=1S/C11H21N3O/c1-5-8-14-9(6-7-13-14)10(12)11(2,3)15-4/h6-7,10H,5,8,12H2,1-4H3. The molecule has 1 aromatic rings. The molecule has 0 aliphatic heterocycles. The van der Waals surface area contributed by atoms with Gasteiger partial charge in [-0.25, -0.2) is 0 Å². The number of aromatic nitrogens is 2. The summed E-state index contributed by atoms with van der Waals surface area (Å²) in [6.45, 7) is 7.00. The van der Waals surface area contributed by atoms with E-state index in [1.807, 2.05) is 24.6 Å². The maximum atomic E-state index is 6.17. The number of ether oxygens (including phenoxy) is 1. The summed E-state index contributed by atoms with van der Waals surface area (Å²) in [5, 5.41) is 4.26. The van der Waals surface area contributed by atoms with Gasteiger partial charge in [0, 0.05) is 19.9 Å². The lowest BCUT2D eigenvalue weighted by molar-refractivity contribution is -0.00225. The van der Waals surface area contributed by atoms with Crippen molar-refractivity contribution in [2.24, 2.45) is 5.73 Å². The lowest BCUT2D eigenvalue weighted by Crippen LogP contribution is -2.38. The van der Waals surface area contributed by atoms with Crippen LogP contribution < -0.4 is 5.73 Å². The van der Waals surface area contributed by atoms with E-state index in [-0.39, 0.29) is 11.6 Å². The van der Waals surface area contributed by atoms with Crippen LogP contribution in [0.2, 0.25) is 0 Å². The van der Waals surface area contributed by atoms with Crippen LogP contribution in [0.3, 0.4) is 0 Å². The van der Waals surface area contributed by atoms with Gasteiger partial charge in [-0.2, -0.15) is 5.10 Å². The maximum absolute atomic E-state index is 6.17. The highest BCUT2D eigenvalue weighted by atomic mass is 16.5. The summed E-state index contributed by atoms with van der Waals surface area (Å²) in [6.07, 6.45) is 2.84. The molecule has 0 fully saturated rings. The summed E-state index contributed by atoms with van der Waals surface area (Å²) in [7, 11) is 1.68. The normalized spacial score (nSPS) is 14.2. The molecule has 0 radical (unpaired) electrons. The second kappa shape index (κ2) is 4.77. The molecular weight excluding hydrogens is 190 g/mol. The van der Waals surface area contributed by atoms with Crippen molar-refractivity contribution in [1.29, 1.82) is 0 Å². The zero-order chi connectivity index (χ0) is 11.5. The zero-order valence-corrected chi connectivity index (χ0v) is 10.0. The molecule has 0 spiro atoms. The molecule has 0 amide bonds. The highest BCUT2D eigenvalue weighted by Gasteiger charge is 2.29. The van der Waals surface area contributed by atoms with E-state index in [2.05, 4.69) is 12.0 Å². The summed E-state index contributed by atoms with van der Waals surface area (Å²) in [4.78, 5) is 0. The fourth-order valence-corrected chi connectivity index (χ4v) is 1.49. The largest absolute Gasteiger partial charge is 0.377 e. The van der Waals surface area contributed by atoms with Crippen LogP contribution in [0.25, 0.3) is 0 Å². The number of aryl methyl sites for hydroxylation is 1. The van der Waals surface area contributed by atoms with Gasteiger partial charge < -0.3 is 10.5 Å². The van der Waals surface area contributed by atoms with E-state index in [1.54, 1.807) is 13.3 Å². The third-order valence-electron chi connectivity index (χ3n) is 2.78. The van der Waals surface area contributed by atoms with Crippen LogP contribution in [-0.4, -0.2) is 22.5 Å². The van der Waals surface area contributed by atoms with Crippen molar-refractivity contribution in [1.82, 2.24) is 9.78 Å². The molecule has 4 heteroatoms. The highest BCUT2D eigenvalue weighted by Crippen LogP contribution is 2.25. The van der Waals surface area contributed by atoms with Crippen LogP contribution in [0.15, 0.2) is 12.3 Å². The first kappa shape index (κ1) is 12.2. The van der Waals surface area contributed by atoms with Crippen molar-refractivity contribution < 1.29 is 4.74 Å². The van der Waals surface area contributed by atoms with Gasteiger partial charge >= 0.3 is 0 Å². The van der Waals surface area contributed by atoms with Gasteiger partial charge in [-0.15, -0.1) is 0 Å². The summed E-state index contributed by atoms with van der Waals surface area (Å²) >= 11 is 0. The van der Waals surface area contributed by atoms with E-state index in [0.29, 0.717) is 0 Å². The summed E-state index contributed by atoms with van der Waals surface area (Å²) in [5.41, 5.74) is 6.83. The van der Waals surface area contributed by atoms with Crippen molar-refractivity contribution in [3.05, 3.63) is 18.0 Å². The molecule has 0 saturated carbocycles. The predicted octanol–water partition coefficient (Wildman–Crippen LogP) is 1.72. The van der Waals surface area contributed by atoms with E-state index in [0.717, 1.165) is 18.7 Å². The van der Waals surface area contributed by atoms with E-state index in [9.17, 15) is 0 Å². The Hall–Kier alpha value is -0.870. The second-order valence-corrected chi connectivity index (χ2v) is 4.26. The minimum Gasteiger partial charge on any atom is -0.377 e. The maximum Gasteiger partial charge on any atom is 0.0829 e. The first-order valence-electron chi connectivity index (χ1n) is 5.35. The van der Waals surface area contributed by atoms with Gasteiger partial charge in [0.05, 0.1) is 17.3 Å². The Morgan fingerprint density at radius 3 is 2.80 bits per heavy atom. The van der Waals surface area contributed by atoms with Gasteiger partial charge in [-0.05, 0) is 26.3 Å². The van der Waals surface area contributed by atoms with Crippen LogP contribution in [0, 0.1) is 0 Å². The van der Waals surface area contributed by atoms with Crippen LogP contribution in [0.5, 0.6) is 0 Å². The zero-order valence-electron chi connectivity index (χ0n) is 10.0. The topological polar surface area (TPSA) is 53.1 Å². The van der Waals surface area contributed by atoms with Gasteiger partial charge in [0.2, 0.25) is 0 Å². The summed E-state index contributed by atoms with van der Waals surface area (Å²) in [5.74, 6) is 0. The SMILES string of the molecule is CCCn1nccc1C(N)C(C)(C)OC. The molecule has 2 N–H and O–H groups in total. The van der Waals surface area contributed by atoms with Crippen LogP contribution >= 0.6 is 0 Å². The minimum absolute atomic E-state index is 0.156. The Labute approximate surface area is 91.4 Å². The number of methoxy groups -OCH3 is 1. The molecule has 0 saturated heterocycles. The van der Waals surface area contributed by atoms with Crippen molar-refractivity contribution in [2.75, 3.05) is 7.11 Å². The summed E-state index contributed by atoms with van der Waals surface area (Å²) < 4.78 is 7.34. The van der Waals surface area contributed by atoms with E-state index >= 15 is 0 Å².